The van der Waals surface area contributed by atoms with E-state index in [1.54, 1.807) is 22.5 Å². The molecule has 35 heavy (non-hydrogen) atoms. The third kappa shape index (κ3) is 4.58. The van der Waals surface area contributed by atoms with Crippen molar-refractivity contribution < 1.29 is 22.8 Å². The number of urea groups is 1. The van der Waals surface area contributed by atoms with Crippen molar-refractivity contribution in [3.8, 4) is 0 Å². The lowest BCUT2D eigenvalue weighted by molar-refractivity contribution is -0.137. The number of thioether (sulfide) groups is 1. The molecular weight excluding hydrogens is 481 g/mol. The molecule has 3 heterocycles. The smallest absolute Gasteiger partial charge is 0.337 e. The number of rotatable bonds is 6. The molecule has 0 radical (unpaired) electrons. The summed E-state index contributed by atoms with van der Waals surface area (Å²) in [5.74, 6) is 0.888. The fourth-order valence-electron chi connectivity index (χ4n) is 5.04. The molecule has 0 bridgehead atoms. The van der Waals surface area contributed by atoms with Gasteiger partial charge in [-0.2, -0.15) is 30.0 Å². The highest BCUT2D eigenvalue weighted by atomic mass is 32.2. The molecule has 12 heteroatoms. The van der Waals surface area contributed by atoms with Gasteiger partial charge in [0, 0.05) is 54.9 Å². The first kappa shape index (κ1) is 23.6. The molecule has 2 fully saturated rings. The normalized spacial score (nSPS) is 17.3. The molecule has 0 unspecified atom stereocenters. The second-order valence-corrected chi connectivity index (χ2v) is 10.2. The fraction of sp³-hybridized carbons (Fsp3) is 0.435. The summed E-state index contributed by atoms with van der Waals surface area (Å²) in [6.45, 7) is 2.02. The molecule has 5 rings (SSSR count). The molecule has 1 spiro atoms. The summed E-state index contributed by atoms with van der Waals surface area (Å²) in [6.07, 6.45) is 4.40. The second-order valence-electron chi connectivity index (χ2n) is 9.25. The number of amides is 3. The minimum atomic E-state index is -4.47. The SMILES string of the molecule is CSCCn1ccn2ncc(C(=O)N3CC4(CC(NC(=O)Nc5cccc(C(F)(F)F)c5)C4)C3)c12. The molecule has 1 aromatic carbocycles. The third-order valence-electron chi connectivity index (χ3n) is 6.68. The van der Waals surface area contributed by atoms with Gasteiger partial charge in [0.15, 0.2) is 0 Å². The maximum absolute atomic E-state index is 13.1. The zero-order chi connectivity index (χ0) is 24.8. The number of carbonyl (C=O) groups is 2. The number of nitrogens with zero attached hydrogens (tertiary/aromatic N) is 4. The topological polar surface area (TPSA) is 83.7 Å². The van der Waals surface area contributed by atoms with Crippen molar-refractivity contribution in [1.82, 2.24) is 24.4 Å². The lowest BCUT2D eigenvalue weighted by Crippen LogP contribution is -2.67. The van der Waals surface area contributed by atoms with Crippen LogP contribution in [0, 0.1) is 5.41 Å². The number of imidazole rings is 1. The molecule has 8 nitrogen and oxygen atoms in total. The van der Waals surface area contributed by atoms with E-state index in [1.807, 2.05) is 28.1 Å². The maximum Gasteiger partial charge on any atom is 0.416 e. The summed E-state index contributed by atoms with van der Waals surface area (Å²) in [5, 5.41) is 9.58. The molecule has 0 atom stereocenters. The van der Waals surface area contributed by atoms with Crippen LogP contribution in [0.1, 0.15) is 28.8 Å². The highest BCUT2D eigenvalue weighted by molar-refractivity contribution is 7.98. The summed E-state index contributed by atoms with van der Waals surface area (Å²) >= 11 is 1.74. The van der Waals surface area contributed by atoms with Crippen molar-refractivity contribution in [3.05, 3.63) is 54.0 Å². The molecule has 2 aromatic heterocycles. The highest BCUT2D eigenvalue weighted by Gasteiger charge is 2.54. The van der Waals surface area contributed by atoms with Crippen molar-refractivity contribution in [1.29, 1.82) is 0 Å². The largest absolute Gasteiger partial charge is 0.416 e. The Labute approximate surface area is 203 Å². The molecule has 3 aromatic rings. The van der Waals surface area contributed by atoms with Crippen LogP contribution in [0.2, 0.25) is 0 Å². The van der Waals surface area contributed by atoms with E-state index < -0.39 is 17.8 Å². The van der Waals surface area contributed by atoms with E-state index >= 15 is 0 Å². The third-order valence-corrected chi connectivity index (χ3v) is 7.27. The van der Waals surface area contributed by atoms with Gasteiger partial charge in [-0.3, -0.25) is 4.79 Å². The summed E-state index contributed by atoms with van der Waals surface area (Å²) in [4.78, 5) is 27.2. The first-order chi connectivity index (χ1) is 16.7. The van der Waals surface area contributed by atoms with E-state index in [0.717, 1.165) is 42.9 Å². The number of alkyl halides is 3. The predicted molar refractivity (Wildman–Crippen MR) is 127 cm³/mol. The number of anilines is 1. The molecule has 1 saturated heterocycles. The number of halogens is 3. The standard InChI is InChI=1S/C23H25F3N6O2S/c1-35-8-7-30-5-6-32-19(30)18(12-27-32)20(33)31-13-22(14-31)10-17(11-22)29-21(34)28-16-4-2-3-15(9-16)23(24,25)26/h2-6,9,12,17H,7-8,10-11,13-14H2,1H3,(H2,28,29,34). The number of aromatic nitrogens is 3. The van der Waals surface area contributed by atoms with E-state index in [9.17, 15) is 22.8 Å². The van der Waals surface area contributed by atoms with Gasteiger partial charge in [-0.05, 0) is 37.3 Å². The van der Waals surface area contributed by atoms with Crippen LogP contribution in [0.15, 0.2) is 42.9 Å². The first-order valence-corrected chi connectivity index (χ1v) is 12.6. The molecular formula is C23H25F3N6O2S. The van der Waals surface area contributed by atoms with Crippen LogP contribution < -0.4 is 10.6 Å². The van der Waals surface area contributed by atoms with Gasteiger partial charge in [-0.1, -0.05) is 6.07 Å². The Morgan fingerprint density at radius 1 is 1.23 bits per heavy atom. The van der Waals surface area contributed by atoms with Crippen LogP contribution in [-0.2, 0) is 12.7 Å². The lowest BCUT2D eigenvalue weighted by Gasteiger charge is -2.58. The minimum Gasteiger partial charge on any atom is -0.337 e. The van der Waals surface area contributed by atoms with Crippen molar-refractivity contribution in [2.24, 2.45) is 5.41 Å². The average molecular weight is 507 g/mol. The maximum atomic E-state index is 13.1. The van der Waals surface area contributed by atoms with Crippen LogP contribution in [0.25, 0.3) is 5.65 Å². The Morgan fingerprint density at radius 2 is 2.00 bits per heavy atom. The fourth-order valence-corrected chi connectivity index (χ4v) is 5.41. The van der Waals surface area contributed by atoms with E-state index in [-0.39, 0.29) is 23.1 Å². The second kappa shape index (κ2) is 8.81. The number of aryl methyl sites for hydroxylation is 1. The molecule has 1 saturated carbocycles. The van der Waals surface area contributed by atoms with E-state index in [2.05, 4.69) is 15.7 Å². The van der Waals surface area contributed by atoms with Crippen molar-refractivity contribution >= 4 is 35.0 Å². The Hall–Kier alpha value is -3.15. The summed E-state index contributed by atoms with van der Waals surface area (Å²) in [6, 6.07) is 3.92. The summed E-state index contributed by atoms with van der Waals surface area (Å²) < 4.78 is 42.3. The minimum absolute atomic E-state index is 0.0169. The van der Waals surface area contributed by atoms with E-state index in [0.29, 0.717) is 18.7 Å². The van der Waals surface area contributed by atoms with Gasteiger partial charge >= 0.3 is 12.2 Å². The lowest BCUT2D eigenvalue weighted by atomic mass is 9.60. The monoisotopic (exact) mass is 506 g/mol. The number of nitrogens with one attached hydrogen (secondary N) is 2. The number of hydrogen-bond acceptors (Lipinski definition) is 4. The van der Waals surface area contributed by atoms with E-state index in [1.165, 1.54) is 12.1 Å². The number of likely N-dealkylation sites (tertiary alicyclic amines) is 1. The molecule has 1 aliphatic carbocycles. The quantitative estimate of drug-likeness (QED) is 0.531. The Morgan fingerprint density at radius 3 is 2.71 bits per heavy atom. The van der Waals surface area contributed by atoms with Gasteiger partial charge in [0.25, 0.3) is 5.91 Å². The Bertz CT molecular complexity index is 1260. The number of benzene rings is 1. The highest BCUT2D eigenvalue weighted by Crippen LogP contribution is 2.48. The van der Waals surface area contributed by atoms with Gasteiger partial charge in [-0.15, -0.1) is 0 Å². The molecule has 1 aliphatic heterocycles. The number of hydrogen-bond donors (Lipinski definition) is 2. The van der Waals surface area contributed by atoms with Gasteiger partial charge in [-0.25, -0.2) is 9.31 Å². The summed E-state index contributed by atoms with van der Waals surface area (Å²) in [7, 11) is 0. The van der Waals surface area contributed by atoms with Crippen LogP contribution in [-0.4, -0.2) is 62.2 Å². The average Bonchev–Trinajstić information content (AvgIpc) is 3.34. The predicted octanol–water partition coefficient (Wildman–Crippen LogP) is 3.94. The van der Waals surface area contributed by atoms with Crippen LogP contribution in [0.4, 0.5) is 23.7 Å². The van der Waals surface area contributed by atoms with Crippen molar-refractivity contribution in [3.63, 3.8) is 0 Å². The summed E-state index contributed by atoms with van der Waals surface area (Å²) in [5.41, 5.74) is 0.632. The van der Waals surface area contributed by atoms with Crippen LogP contribution >= 0.6 is 11.8 Å². The van der Waals surface area contributed by atoms with Gasteiger partial charge in [0.2, 0.25) is 0 Å². The van der Waals surface area contributed by atoms with Gasteiger partial charge < -0.3 is 20.1 Å². The molecule has 2 aliphatic rings. The van der Waals surface area contributed by atoms with Crippen molar-refractivity contribution in [2.75, 3.05) is 30.4 Å². The van der Waals surface area contributed by atoms with Gasteiger partial charge in [0.1, 0.15) is 11.2 Å². The number of carbonyl (C=O) groups excluding carboxylic acids is 2. The Kier molecular flexibility index (Phi) is 5.94. The van der Waals surface area contributed by atoms with E-state index in [4.69, 9.17) is 0 Å². The number of fused-ring (bicyclic) bond motifs is 1. The first-order valence-electron chi connectivity index (χ1n) is 11.2. The zero-order valence-electron chi connectivity index (χ0n) is 19.0. The van der Waals surface area contributed by atoms with Gasteiger partial charge in [0.05, 0.1) is 11.8 Å². The molecule has 186 valence electrons. The molecule has 3 amide bonds. The van der Waals surface area contributed by atoms with Crippen molar-refractivity contribution in [2.45, 2.75) is 31.6 Å². The Balaban J connectivity index is 1.12. The van der Waals surface area contributed by atoms with Crippen LogP contribution in [0.5, 0.6) is 0 Å². The van der Waals surface area contributed by atoms with Crippen LogP contribution in [0.3, 0.4) is 0 Å². The molecule has 2 N–H and O–H groups in total. The zero-order valence-corrected chi connectivity index (χ0v) is 19.8.